The summed E-state index contributed by atoms with van der Waals surface area (Å²) in [5.74, 6) is -1.02. The standard InChI is InChI=1S/C11H9N3O2S/c12-7-2-3-9(8(6-7)10(15)16)17-11-13-4-1-5-14-11/h1-6H,12H2,(H,15,16). The number of rotatable bonds is 3. The number of benzene rings is 1. The lowest BCUT2D eigenvalue weighted by Crippen LogP contribution is -2.00. The second kappa shape index (κ2) is 4.84. The second-order valence-corrected chi connectivity index (χ2v) is 4.20. The normalized spacial score (nSPS) is 10.1. The summed E-state index contributed by atoms with van der Waals surface area (Å²) in [6.45, 7) is 0. The number of carbonyl (C=O) groups is 1. The van der Waals surface area contributed by atoms with Crippen molar-refractivity contribution in [3.8, 4) is 0 Å². The topological polar surface area (TPSA) is 89.1 Å². The van der Waals surface area contributed by atoms with Crippen molar-refractivity contribution < 1.29 is 9.90 Å². The van der Waals surface area contributed by atoms with Crippen LogP contribution in [0.3, 0.4) is 0 Å². The van der Waals surface area contributed by atoms with Gasteiger partial charge in [-0.1, -0.05) is 0 Å². The van der Waals surface area contributed by atoms with Crippen LogP contribution in [0.1, 0.15) is 10.4 Å². The molecule has 1 aromatic carbocycles. The van der Waals surface area contributed by atoms with Crippen LogP contribution in [-0.4, -0.2) is 21.0 Å². The maximum Gasteiger partial charge on any atom is 0.336 e. The molecule has 0 unspecified atom stereocenters. The van der Waals surface area contributed by atoms with E-state index in [9.17, 15) is 4.79 Å². The highest BCUT2D eigenvalue weighted by Crippen LogP contribution is 2.28. The maximum absolute atomic E-state index is 11.1. The minimum atomic E-state index is -1.02. The Hall–Kier alpha value is -2.08. The molecule has 17 heavy (non-hydrogen) atoms. The lowest BCUT2D eigenvalue weighted by Gasteiger charge is -2.05. The zero-order valence-electron chi connectivity index (χ0n) is 8.70. The predicted octanol–water partition coefficient (Wildman–Crippen LogP) is 1.91. The molecule has 86 valence electrons. The number of nitrogen functional groups attached to an aromatic ring is 1. The molecule has 6 heteroatoms. The molecule has 0 saturated carbocycles. The molecule has 0 spiro atoms. The Morgan fingerprint density at radius 2 is 2.00 bits per heavy atom. The second-order valence-electron chi connectivity index (χ2n) is 3.19. The van der Waals surface area contributed by atoms with Gasteiger partial charge >= 0.3 is 5.97 Å². The van der Waals surface area contributed by atoms with E-state index >= 15 is 0 Å². The number of aromatic nitrogens is 2. The van der Waals surface area contributed by atoms with Gasteiger partial charge in [-0.3, -0.25) is 0 Å². The van der Waals surface area contributed by atoms with Crippen molar-refractivity contribution in [2.24, 2.45) is 0 Å². The average Bonchev–Trinajstić information content (AvgIpc) is 2.32. The van der Waals surface area contributed by atoms with Gasteiger partial charge < -0.3 is 10.8 Å². The molecule has 0 aliphatic carbocycles. The van der Waals surface area contributed by atoms with Crippen LogP contribution in [0.5, 0.6) is 0 Å². The van der Waals surface area contributed by atoms with E-state index in [2.05, 4.69) is 9.97 Å². The zero-order chi connectivity index (χ0) is 12.3. The molecule has 3 N–H and O–H groups in total. The van der Waals surface area contributed by atoms with Crippen molar-refractivity contribution in [1.82, 2.24) is 9.97 Å². The van der Waals surface area contributed by atoms with Crippen LogP contribution >= 0.6 is 11.8 Å². The number of nitrogens with two attached hydrogens (primary N) is 1. The van der Waals surface area contributed by atoms with Gasteiger partial charge in [0.1, 0.15) is 0 Å². The number of carboxylic acids is 1. The van der Waals surface area contributed by atoms with Gasteiger partial charge in [0.2, 0.25) is 0 Å². The molecule has 0 amide bonds. The quantitative estimate of drug-likeness (QED) is 0.636. The summed E-state index contributed by atoms with van der Waals surface area (Å²) in [5.41, 5.74) is 6.13. The minimum absolute atomic E-state index is 0.155. The van der Waals surface area contributed by atoms with E-state index in [4.69, 9.17) is 10.8 Å². The molecule has 0 bridgehead atoms. The summed E-state index contributed by atoms with van der Waals surface area (Å²) in [6, 6.07) is 6.43. The third kappa shape index (κ3) is 2.73. The molecular weight excluding hydrogens is 238 g/mol. The molecular formula is C11H9N3O2S. The average molecular weight is 247 g/mol. The predicted molar refractivity (Wildman–Crippen MR) is 64.0 cm³/mol. The van der Waals surface area contributed by atoms with Crippen LogP contribution in [0.4, 0.5) is 5.69 Å². The van der Waals surface area contributed by atoms with Gasteiger partial charge in [-0.25, -0.2) is 14.8 Å². The first-order chi connectivity index (χ1) is 8.16. The van der Waals surface area contributed by atoms with Crippen LogP contribution < -0.4 is 5.73 Å². The Kier molecular flexibility index (Phi) is 3.24. The van der Waals surface area contributed by atoms with Crippen molar-refractivity contribution >= 4 is 23.4 Å². The first-order valence-corrected chi connectivity index (χ1v) is 5.56. The fourth-order valence-electron chi connectivity index (χ4n) is 1.24. The van der Waals surface area contributed by atoms with Gasteiger partial charge in [-0.2, -0.15) is 0 Å². The molecule has 5 nitrogen and oxygen atoms in total. The zero-order valence-corrected chi connectivity index (χ0v) is 9.52. The fourth-order valence-corrected chi connectivity index (χ4v) is 2.06. The Bertz CT molecular complexity index is 546. The molecule has 0 fully saturated rings. The van der Waals surface area contributed by atoms with Crippen LogP contribution in [0.25, 0.3) is 0 Å². The molecule has 2 rings (SSSR count). The number of hydrogen-bond acceptors (Lipinski definition) is 5. The van der Waals surface area contributed by atoms with E-state index < -0.39 is 5.97 Å². The molecule has 0 atom stereocenters. The summed E-state index contributed by atoms with van der Waals surface area (Å²) in [4.78, 5) is 19.7. The van der Waals surface area contributed by atoms with Crippen molar-refractivity contribution in [1.29, 1.82) is 0 Å². The number of carboxylic acid groups (broad SMARTS) is 1. The molecule has 0 aliphatic heterocycles. The molecule has 1 aromatic heterocycles. The van der Waals surface area contributed by atoms with Crippen LogP contribution in [0.2, 0.25) is 0 Å². The molecule has 0 aliphatic rings. The van der Waals surface area contributed by atoms with Gasteiger partial charge in [-0.15, -0.1) is 0 Å². The van der Waals surface area contributed by atoms with Gasteiger partial charge in [0.05, 0.1) is 5.56 Å². The smallest absolute Gasteiger partial charge is 0.336 e. The SMILES string of the molecule is Nc1ccc(Sc2ncccn2)c(C(=O)O)c1. The summed E-state index contributed by atoms with van der Waals surface area (Å²) in [6.07, 6.45) is 3.21. The highest BCUT2D eigenvalue weighted by atomic mass is 32.2. The maximum atomic E-state index is 11.1. The van der Waals surface area contributed by atoms with Gasteiger partial charge in [0.15, 0.2) is 5.16 Å². The summed E-state index contributed by atoms with van der Waals surface area (Å²) >= 11 is 1.19. The number of hydrogen-bond donors (Lipinski definition) is 2. The van der Waals surface area contributed by atoms with Crippen LogP contribution in [-0.2, 0) is 0 Å². The monoisotopic (exact) mass is 247 g/mol. The third-order valence-corrected chi connectivity index (χ3v) is 2.95. The highest BCUT2D eigenvalue weighted by molar-refractivity contribution is 7.99. The Balaban J connectivity index is 2.36. The van der Waals surface area contributed by atoms with E-state index in [-0.39, 0.29) is 5.56 Å². The highest BCUT2D eigenvalue weighted by Gasteiger charge is 2.12. The Morgan fingerprint density at radius 3 is 2.65 bits per heavy atom. The summed E-state index contributed by atoms with van der Waals surface area (Å²) < 4.78 is 0. The number of nitrogens with zero attached hydrogens (tertiary/aromatic N) is 2. The van der Waals surface area contributed by atoms with E-state index in [1.54, 1.807) is 30.6 Å². The fraction of sp³-hybridized carbons (Fsp3) is 0. The van der Waals surface area contributed by atoms with Crippen molar-refractivity contribution in [3.05, 3.63) is 42.2 Å². The lowest BCUT2D eigenvalue weighted by atomic mass is 10.2. The first-order valence-electron chi connectivity index (χ1n) is 4.74. The number of aromatic carboxylic acids is 1. The van der Waals surface area contributed by atoms with Crippen LogP contribution in [0, 0.1) is 0 Å². The molecule has 0 saturated heterocycles. The van der Waals surface area contributed by atoms with Gasteiger partial charge in [0.25, 0.3) is 0 Å². The van der Waals surface area contributed by atoms with E-state index in [1.165, 1.54) is 17.8 Å². The van der Waals surface area contributed by atoms with Gasteiger partial charge in [0, 0.05) is 23.0 Å². The summed E-state index contributed by atoms with van der Waals surface area (Å²) in [5, 5.41) is 9.56. The summed E-state index contributed by atoms with van der Waals surface area (Å²) in [7, 11) is 0. The largest absolute Gasteiger partial charge is 0.478 e. The van der Waals surface area contributed by atoms with Crippen molar-refractivity contribution in [3.63, 3.8) is 0 Å². The first kappa shape index (κ1) is 11.4. The van der Waals surface area contributed by atoms with Crippen molar-refractivity contribution in [2.45, 2.75) is 10.1 Å². The van der Waals surface area contributed by atoms with E-state index in [0.29, 0.717) is 15.7 Å². The molecule has 2 aromatic rings. The van der Waals surface area contributed by atoms with E-state index in [0.717, 1.165) is 0 Å². The number of anilines is 1. The Labute approximate surface area is 102 Å². The third-order valence-electron chi connectivity index (χ3n) is 1.98. The van der Waals surface area contributed by atoms with Crippen LogP contribution in [0.15, 0.2) is 46.7 Å². The minimum Gasteiger partial charge on any atom is -0.478 e. The van der Waals surface area contributed by atoms with E-state index in [1.807, 2.05) is 0 Å². The lowest BCUT2D eigenvalue weighted by molar-refractivity contribution is 0.0693. The Morgan fingerprint density at radius 1 is 1.29 bits per heavy atom. The molecule has 0 radical (unpaired) electrons. The van der Waals surface area contributed by atoms with Crippen molar-refractivity contribution in [2.75, 3.05) is 5.73 Å². The van der Waals surface area contributed by atoms with Gasteiger partial charge in [-0.05, 0) is 36.0 Å². The molecule has 1 heterocycles.